The molecule has 2 N–H and O–H groups in total. The third kappa shape index (κ3) is 1.79. The molecule has 1 fully saturated rings. The van der Waals surface area contributed by atoms with Crippen LogP contribution in [-0.2, 0) is 11.2 Å². The molecule has 1 aliphatic rings. The first-order chi connectivity index (χ1) is 8.74. The number of hydrogen-bond donors (Lipinski definition) is 2. The zero-order valence-electron chi connectivity index (χ0n) is 9.45. The molecule has 0 bridgehead atoms. The molecule has 0 saturated carbocycles. The summed E-state index contributed by atoms with van der Waals surface area (Å²) in [5, 5.41) is 22.9. The molecule has 1 aromatic carbocycles. The van der Waals surface area contributed by atoms with E-state index in [0.717, 1.165) is 5.69 Å². The number of benzene rings is 1. The van der Waals surface area contributed by atoms with E-state index in [1.165, 1.54) is 0 Å². The monoisotopic (exact) mass is 245 g/mol. The summed E-state index contributed by atoms with van der Waals surface area (Å²) in [6, 6.07) is 6.61. The summed E-state index contributed by atoms with van der Waals surface area (Å²) >= 11 is 0. The van der Waals surface area contributed by atoms with Crippen LogP contribution >= 0.6 is 0 Å². The molecule has 1 unspecified atom stereocenters. The van der Waals surface area contributed by atoms with Gasteiger partial charge in [-0.1, -0.05) is 5.21 Å². The number of phenols is 1. The van der Waals surface area contributed by atoms with Crippen molar-refractivity contribution in [1.82, 2.24) is 20.6 Å². The second-order valence-electron chi connectivity index (χ2n) is 4.17. The number of phenolic OH excluding ortho intramolecular Hbond substituents is 1. The Bertz CT molecular complexity index is 551. The number of carbonyl (C=O) groups excluding carboxylic acids is 1. The molecule has 2 heterocycles. The van der Waals surface area contributed by atoms with Gasteiger partial charge in [0.2, 0.25) is 5.91 Å². The average Bonchev–Trinajstić information content (AvgIpc) is 2.84. The molecule has 92 valence electrons. The number of hydrogen-bond acceptors (Lipinski definition) is 5. The van der Waals surface area contributed by atoms with Crippen LogP contribution < -0.4 is 4.90 Å². The number of nitrogens with one attached hydrogen (secondary N) is 1. The van der Waals surface area contributed by atoms with Gasteiger partial charge >= 0.3 is 0 Å². The van der Waals surface area contributed by atoms with E-state index in [4.69, 9.17) is 0 Å². The lowest BCUT2D eigenvalue weighted by Gasteiger charge is -2.39. The molecular formula is C11H11N5O2. The smallest absolute Gasteiger partial charge is 0.229 e. The molecule has 0 aliphatic carbocycles. The molecule has 0 radical (unpaired) electrons. The molecule has 0 spiro atoms. The van der Waals surface area contributed by atoms with Gasteiger partial charge in [0.05, 0.1) is 6.04 Å². The lowest BCUT2D eigenvalue weighted by atomic mass is 9.97. The van der Waals surface area contributed by atoms with Crippen molar-refractivity contribution in [3.8, 4) is 5.75 Å². The van der Waals surface area contributed by atoms with Gasteiger partial charge in [-0.2, -0.15) is 5.21 Å². The number of carbonyl (C=O) groups is 1. The number of amides is 1. The highest BCUT2D eigenvalue weighted by Gasteiger charge is 2.37. The van der Waals surface area contributed by atoms with Gasteiger partial charge in [-0.25, -0.2) is 0 Å². The van der Waals surface area contributed by atoms with Gasteiger partial charge in [0.15, 0.2) is 5.82 Å². The first kappa shape index (κ1) is 10.7. The van der Waals surface area contributed by atoms with Crippen molar-refractivity contribution in [2.45, 2.75) is 18.9 Å². The van der Waals surface area contributed by atoms with E-state index >= 15 is 0 Å². The zero-order valence-corrected chi connectivity index (χ0v) is 9.45. The minimum Gasteiger partial charge on any atom is -0.508 e. The normalized spacial score (nSPS) is 18.8. The van der Waals surface area contributed by atoms with Crippen molar-refractivity contribution in [1.29, 1.82) is 0 Å². The molecular weight excluding hydrogens is 234 g/mol. The van der Waals surface area contributed by atoms with Crippen molar-refractivity contribution in [2.75, 3.05) is 4.90 Å². The number of H-pyrrole nitrogens is 1. The zero-order chi connectivity index (χ0) is 12.5. The average molecular weight is 245 g/mol. The Morgan fingerprint density at radius 3 is 2.78 bits per heavy atom. The maximum atomic E-state index is 11.7. The van der Waals surface area contributed by atoms with Crippen LogP contribution in [0.1, 0.15) is 12.2 Å². The standard InChI is InChI=1S/C11H11N5O2/c17-9-3-1-7(2-4-9)16-8(6-11(16)18)5-10-12-14-15-13-10/h1-4,8,17H,5-6H2,(H,12,13,14,15). The minimum absolute atomic E-state index is 0.0552. The molecule has 1 atom stereocenters. The van der Waals surface area contributed by atoms with Crippen LogP contribution in [0.2, 0.25) is 0 Å². The van der Waals surface area contributed by atoms with Gasteiger partial charge in [-0.15, -0.1) is 10.2 Å². The molecule has 7 nitrogen and oxygen atoms in total. The van der Waals surface area contributed by atoms with Crippen LogP contribution in [-0.4, -0.2) is 37.7 Å². The minimum atomic E-state index is 0.0552. The lowest BCUT2D eigenvalue weighted by Crippen LogP contribution is -2.54. The van der Waals surface area contributed by atoms with Crippen molar-refractivity contribution >= 4 is 11.6 Å². The van der Waals surface area contributed by atoms with Gasteiger partial charge in [0, 0.05) is 18.5 Å². The summed E-state index contributed by atoms with van der Waals surface area (Å²) in [6.07, 6.45) is 1.05. The lowest BCUT2D eigenvalue weighted by molar-refractivity contribution is -0.124. The van der Waals surface area contributed by atoms with E-state index in [2.05, 4.69) is 20.6 Å². The predicted octanol–water partition coefficient (Wildman–Crippen LogP) is 0.253. The van der Waals surface area contributed by atoms with Crippen molar-refractivity contribution < 1.29 is 9.90 Å². The van der Waals surface area contributed by atoms with E-state index in [0.29, 0.717) is 18.7 Å². The Labute approximate surface area is 102 Å². The number of anilines is 1. The molecule has 3 rings (SSSR count). The van der Waals surface area contributed by atoms with Gasteiger partial charge in [0.1, 0.15) is 5.75 Å². The van der Waals surface area contributed by atoms with Crippen molar-refractivity contribution in [3.63, 3.8) is 0 Å². The summed E-state index contributed by atoms with van der Waals surface area (Å²) in [4.78, 5) is 13.3. The summed E-state index contributed by atoms with van der Waals surface area (Å²) in [5.74, 6) is 0.840. The van der Waals surface area contributed by atoms with Crippen LogP contribution in [0.25, 0.3) is 0 Å². The quantitative estimate of drug-likeness (QED) is 0.756. The Kier molecular flexibility index (Phi) is 2.44. The molecule has 2 aromatic rings. The van der Waals surface area contributed by atoms with Crippen LogP contribution in [0, 0.1) is 0 Å². The van der Waals surface area contributed by atoms with Crippen LogP contribution in [0.5, 0.6) is 5.75 Å². The highest BCUT2D eigenvalue weighted by atomic mass is 16.3. The SMILES string of the molecule is O=C1CC(Cc2nn[nH]n2)N1c1ccc(O)cc1. The third-order valence-electron chi connectivity index (χ3n) is 2.98. The Balaban J connectivity index is 1.77. The van der Waals surface area contributed by atoms with Crippen molar-refractivity contribution in [2.24, 2.45) is 0 Å². The fourth-order valence-corrected chi connectivity index (χ4v) is 2.09. The highest BCUT2D eigenvalue weighted by Crippen LogP contribution is 2.30. The third-order valence-corrected chi connectivity index (χ3v) is 2.98. The van der Waals surface area contributed by atoms with Crippen LogP contribution in [0.4, 0.5) is 5.69 Å². The number of aromatic nitrogens is 4. The molecule has 1 saturated heterocycles. The fourth-order valence-electron chi connectivity index (χ4n) is 2.09. The topological polar surface area (TPSA) is 95.0 Å². The van der Waals surface area contributed by atoms with E-state index in [-0.39, 0.29) is 17.7 Å². The van der Waals surface area contributed by atoms with Gasteiger partial charge in [0.25, 0.3) is 0 Å². The van der Waals surface area contributed by atoms with E-state index in [9.17, 15) is 9.90 Å². The summed E-state index contributed by atoms with van der Waals surface area (Å²) in [7, 11) is 0. The first-order valence-electron chi connectivity index (χ1n) is 5.57. The largest absolute Gasteiger partial charge is 0.508 e. The van der Waals surface area contributed by atoms with Crippen LogP contribution in [0.15, 0.2) is 24.3 Å². The first-order valence-corrected chi connectivity index (χ1v) is 5.57. The highest BCUT2D eigenvalue weighted by molar-refractivity contribution is 6.00. The molecule has 7 heteroatoms. The molecule has 1 aliphatic heterocycles. The summed E-state index contributed by atoms with van der Waals surface area (Å²) in [5.41, 5.74) is 0.776. The number of tetrazole rings is 1. The van der Waals surface area contributed by atoms with Gasteiger partial charge in [-0.05, 0) is 24.3 Å². The van der Waals surface area contributed by atoms with Gasteiger partial charge < -0.3 is 10.0 Å². The van der Waals surface area contributed by atoms with Crippen LogP contribution in [0.3, 0.4) is 0 Å². The maximum absolute atomic E-state index is 11.7. The molecule has 1 amide bonds. The van der Waals surface area contributed by atoms with E-state index < -0.39 is 0 Å². The fraction of sp³-hybridized carbons (Fsp3) is 0.273. The second kappa shape index (κ2) is 4.10. The van der Waals surface area contributed by atoms with E-state index in [1.807, 2.05) is 0 Å². The number of β-lactam (4-membered cyclic amide) rings is 1. The number of aromatic hydroxyl groups is 1. The van der Waals surface area contributed by atoms with E-state index in [1.54, 1.807) is 29.2 Å². The second-order valence-corrected chi connectivity index (χ2v) is 4.17. The predicted molar refractivity (Wildman–Crippen MR) is 61.9 cm³/mol. The number of nitrogens with zero attached hydrogens (tertiary/aromatic N) is 4. The molecule has 1 aromatic heterocycles. The van der Waals surface area contributed by atoms with Gasteiger partial charge in [-0.3, -0.25) is 4.79 Å². The summed E-state index contributed by atoms with van der Waals surface area (Å²) in [6.45, 7) is 0. The maximum Gasteiger partial charge on any atom is 0.229 e. The Morgan fingerprint density at radius 2 is 2.17 bits per heavy atom. The summed E-state index contributed by atoms with van der Waals surface area (Å²) < 4.78 is 0. The number of aromatic amines is 1. The molecule has 18 heavy (non-hydrogen) atoms. The van der Waals surface area contributed by atoms with Crippen molar-refractivity contribution in [3.05, 3.63) is 30.1 Å². The Morgan fingerprint density at radius 1 is 1.39 bits per heavy atom. The number of rotatable bonds is 3. The Hall–Kier alpha value is -2.44.